The van der Waals surface area contributed by atoms with Crippen LogP contribution in [0.1, 0.15) is 72.1 Å². The molecule has 4 heteroatoms. The van der Waals surface area contributed by atoms with Crippen LogP contribution in [0, 0.1) is 0 Å². The Hall–Kier alpha value is -1.06. The van der Waals surface area contributed by atoms with Crippen LogP contribution in [0.4, 0.5) is 0 Å². The van der Waals surface area contributed by atoms with Crippen molar-refractivity contribution >= 4 is 11.8 Å². The molecule has 116 valence electrons. The maximum atomic E-state index is 12.7. The zero-order valence-corrected chi connectivity index (χ0v) is 13.3. The summed E-state index contributed by atoms with van der Waals surface area (Å²) in [5.41, 5.74) is -0.670. The van der Waals surface area contributed by atoms with E-state index in [9.17, 15) is 9.59 Å². The van der Waals surface area contributed by atoms with Gasteiger partial charge in [-0.05, 0) is 19.3 Å². The first-order valence-corrected chi connectivity index (χ1v) is 8.20. The molecular weight excluding hydrogens is 252 g/mol. The van der Waals surface area contributed by atoms with Gasteiger partial charge in [0.25, 0.3) is 0 Å². The number of carbonyl (C=O) groups is 2. The second-order valence-electron chi connectivity index (χ2n) is 5.79. The van der Waals surface area contributed by atoms with Crippen LogP contribution in [0.2, 0.25) is 0 Å². The Labute approximate surface area is 123 Å². The molecule has 1 aliphatic heterocycles. The molecule has 0 unspecified atom stereocenters. The third-order valence-corrected chi connectivity index (χ3v) is 4.42. The molecule has 0 spiro atoms. The van der Waals surface area contributed by atoms with Gasteiger partial charge in [-0.25, -0.2) is 0 Å². The molecule has 0 aliphatic carbocycles. The number of hydrogen-bond acceptors (Lipinski definition) is 2. The first kappa shape index (κ1) is 17.0. The molecule has 1 N–H and O–H groups in total. The van der Waals surface area contributed by atoms with E-state index >= 15 is 0 Å². The Kier molecular flexibility index (Phi) is 7.03. The lowest BCUT2D eigenvalue weighted by Crippen LogP contribution is -2.56. The van der Waals surface area contributed by atoms with Gasteiger partial charge in [-0.15, -0.1) is 0 Å². The van der Waals surface area contributed by atoms with Crippen molar-refractivity contribution in [3.63, 3.8) is 0 Å². The van der Waals surface area contributed by atoms with Crippen molar-refractivity contribution in [1.29, 1.82) is 0 Å². The third-order valence-electron chi connectivity index (χ3n) is 4.42. The predicted molar refractivity (Wildman–Crippen MR) is 81.4 cm³/mol. The van der Waals surface area contributed by atoms with E-state index in [2.05, 4.69) is 12.2 Å². The Morgan fingerprint density at radius 1 is 1.05 bits per heavy atom. The van der Waals surface area contributed by atoms with Gasteiger partial charge in [0.15, 0.2) is 0 Å². The first-order chi connectivity index (χ1) is 9.59. The molecule has 0 radical (unpaired) electrons. The normalized spacial score (nSPS) is 18.9. The Morgan fingerprint density at radius 2 is 1.70 bits per heavy atom. The Morgan fingerprint density at radius 3 is 2.30 bits per heavy atom. The van der Waals surface area contributed by atoms with Crippen LogP contribution in [-0.4, -0.2) is 35.3 Å². The Bertz CT molecular complexity index is 324. The van der Waals surface area contributed by atoms with Gasteiger partial charge in [0.1, 0.15) is 5.54 Å². The van der Waals surface area contributed by atoms with Crippen molar-refractivity contribution in [2.75, 3.05) is 13.1 Å². The van der Waals surface area contributed by atoms with Gasteiger partial charge in [-0.2, -0.15) is 0 Å². The van der Waals surface area contributed by atoms with E-state index in [0.717, 1.165) is 13.0 Å². The van der Waals surface area contributed by atoms with E-state index in [0.29, 0.717) is 25.8 Å². The van der Waals surface area contributed by atoms with E-state index in [1.807, 2.05) is 18.7 Å². The number of unbranched alkanes of at least 4 members (excludes halogenated alkanes) is 4. The number of nitrogens with one attached hydrogen (secondary N) is 1. The van der Waals surface area contributed by atoms with Crippen LogP contribution in [0.3, 0.4) is 0 Å². The average molecular weight is 282 g/mol. The Balaban J connectivity index is 2.61. The van der Waals surface area contributed by atoms with Gasteiger partial charge < -0.3 is 10.2 Å². The van der Waals surface area contributed by atoms with Gasteiger partial charge in [-0.3, -0.25) is 9.59 Å². The summed E-state index contributed by atoms with van der Waals surface area (Å²) in [6.07, 6.45) is 7.72. The molecule has 1 rings (SSSR count). The van der Waals surface area contributed by atoms with Crippen molar-refractivity contribution < 1.29 is 9.59 Å². The second kappa shape index (κ2) is 8.28. The molecule has 4 nitrogen and oxygen atoms in total. The molecule has 1 fully saturated rings. The highest BCUT2D eigenvalue weighted by Crippen LogP contribution is 2.22. The minimum Gasteiger partial charge on any atom is -0.342 e. The van der Waals surface area contributed by atoms with Gasteiger partial charge in [0.2, 0.25) is 11.8 Å². The number of amides is 2. The maximum absolute atomic E-state index is 12.7. The highest BCUT2D eigenvalue weighted by molar-refractivity contribution is 5.93. The van der Waals surface area contributed by atoms with Crippen molar-refractivity contribution in [1.82, 2.24) is 10.2 Å². The lowest BCUT2D eigenvalue weighted by molar-refractivity contribution is -0.139. The molecule has 2 amide bonds. The molecule has 20 heavy (non-hydrogen) atoms. The summed E-state index contributed by atoms with van der Waals surface area (Å²) >= 11 is 0. The van der Waals surface area contributed by atoms with E-state index in [1.165, 1.54) is 25.7 Å². The minimum absolute atomic E-state index is 0.00975. The summed E-state index contributed by atoms with van der Waals surface area (Å²) in [6.45, 7) is 7.52. The molecule has 0 bridgehead atoms. The highest BCUT2D eigenvalue weighted by Gasteiger charge is 2.41. The van der Waals surface area contributed by atoms with Crippen LogP contribution in [-0.2, 0) is 9.59 Å². The first-order valence-electron chi connectivity index (χ1n) is 8.20. The number of hydrogen-bond donors (Lipinski definition) is 1. The fraction of sp³-hybridized carbons (Fsp3) is 0.875. The van der Waals surface area contributed by atoms with Crippen LogP contribution in [0.15, 0.2) is 0 Å². The highest BCUT2D eigenvalue weighted by atomic mass is 16.2. The zero-order valence-electron chi connectivity index (χ0n) is 13.3. The van der Waals surface area contributed by atoms with Gasteiger partial charge in [0.05, 0.1) is 0 Å². The van der Waals surface area contributed by atoms with E-state index in [4.69, 9.17) is 0 Å². The predicted octanol–water partition coefficient (Wildman–Crippen LogP) is 2.86. The summed E-state index contributed by atoms with van der Waals surface area (Å²) in [7, 11) is 0. The van der Waals surface area contributed by atoms with Gasteiger partial charge in [0, 0.05) is 19.5 Å². The fourth-order valence-corrected chi connectivity index (χ4v) is 2.87. The summed E-state index contributed by atoms with van der Waals surface area (Å²) in [6, 6.07) is 0. The van der Waals surface area contributed by atoms with E-state index in [-0.39, 0.29) is 11.8 Å². The van der Waals surface area contributed by atoms with Gasteiger partial charge in [-0.1, -0.05) is 46.5 Å². The monoisotopic (exact) mass is 282 g/mol. The van der Waals surface area contributed by atoms with Crippen molar-refractivity contribution in [2.45, 2.75) is 77.7 Å². The summed E-state index contributed by atoms with van der Waals surface area (Å²) in [4.78, 5) is 26.4. The number of rotatable bonds is 8. The summed E-state index contributed by atoms with van der Waals surface area (Å²) in [5.74, 6) is 0.124. The number of carbonyl (C=O) groups excluding carboxylic acids is 2. The van der Waals surface area contributed by atoms with Crippen molar-refractivity contribution in [2.24, 2.45) is 0 Å². The lowest BCUT2D eigenvalue weighted by atomic mass is 9.91. The average Bonchev–Trinajstić information content (AvgIpc) is 2.58. The second-order valence-corrected chi connectivity index (χ2v) is 5.79. The van der Waals surface area contributed by atoms with Gasteiger partial charge >= 0.3 is 0 Å². The standard InChI is InChI=1S/C16H30N2O2/c1-4-7-8-9-10-12-18-13-11-14(19)17-16(5-2,6-3)15(18)20/h4-13H2,1-3H3,(H,17,19). The fourth-order valence-electron chi connectivity index (χ4n) is 2.87. The summed E-state index contributed by atoms with van der Waals surface area (Å²) < 4.78 is 0. The van der Waals surface area contributed by atoms with Crippen LogP contribution < -0.4 is 5.32 Å². The summed E-state index contributed by atoms with van der Waals surface area (Å²) in [5, 5.41) is 2.95. The quantitative estimate of drug-likeness (QED) is 0.696. The molecule has 0 aromatic heterocycles. The smallest absolute Gasteiger partial charge is 0.248 e. The topological polar surface area (TPSA) is 49.4 Å². The maximum Gasteiger partial charge on any atom is 0.248 e. The molecule has 1 aliphatic rings. The van der Waals surface area contributed by atoms with Crippen LogP contribution in [0.25, 0.3) is 0 Å². The van der Waals surface area contributed by atoms with E-state index in [1.54, 1.807) is 0 Å². The number of nitrogens with zero attached hydrogens (tertiary/aromatic N) is 1. The molecule has 0 aromatic rings. The SMILES string of the molecule is CCCCCCCN1CCC(=O)NC(CC)(CC)C1=O. The van der Waals surface area contributed by atoms with Crippen molar-refractivity contribution in [3.05, 3.63) is 0 Å². The minimum atomic E-state index is -0.670. The zero-order chi connectivity index (χ0) is 15.0. The molecule has 0 aromatic carbocycles. The largest absolute Gasteiger partial charge is 0.342 e. The third kappa shape index (κ3) is 4.22. The van der Waals surface area contributed by atoms with Crippen LogP contribution >= 0.6 is 0 Å². The molecular formula is C16H30N2O2. The van der Waals surface area contributed by atoms with Crippen molar-refractivity contribution in [3.8, 4) is 0 Å². The molecule has 0 atom stereocenters. The molecule has 1 saturated heterocycles. The van der Waals surface area contributed by atoms with E-state index < -0.39 is 5.54 Å². The van der Waals surface area contributed by atoms with Crippen LogP contribution in [0.5, 0.6) is 0 Å². The molecule has 1 heterocycles. The lowest BCUT2D eigenvalue weighted by Gasteiger charge is -2.33. The molecule has 0 saturated carbocycles.